The van der Waals surface area contributed by atoms with Gasteiger partial charge in [-0.15, -0.1) is 6.58 Å². The van der Waals surface area contributed by atoms with E-state index in [0.717, 1.165) is 32.1 Å². The molecular weight excluding hydrogens is 404 g/mol. The highest BCUT2D eigenvalue weighted by atomic mass is 16.7. The summed E-state index contributed by atoms with van der Waals surface area (Å²) < 4.78 is 10.3. The van der Waals surface area contributed by atoms with Crippen molar-refractivity contribution in [2.24, 2.45) is 0 Å². The summed E-state index contributed by atoms with van der Waals surface area (Å²) in [5, 5.41) is 0. The van der Waals surface area contributed by atoms with Gasteiger partial charge in [0.15, 0.2) is 6.79 Å². The van der Waals surface area contributed by atoms with Gasteiger partial charge in [0.2, 0.25) is 0 Å². The molecule has 0 unspecified atom stereocenters. The highest BCUT2D eigenvalue weighted by Crippen LogP contribution is 2.16. The van der Waals surface area contributed by atoms with E-state index < -0.39 is 0 Å². The topological polar surface area (TPSA) is 18.5 Å². The summed E-state index contributed by atoms with van der Waals surface area (Å²) in [5.74, 6) is 0. The molecule has 0 atom stereocenters. The number of aryl methyl sites for hydroxylation is 1. The molecule has 0 fully saturated rings. The van der Waals surface area contributed by atoms with Crippen molar-refractivity contribution in [3.8, 4) is 0 Å². The van der Waals surface area contributed by atoms with Crippen molar-refractivity contribution >= 4 is 0 Å². The van der Waals surface area contributed by atoms with Gasteiger partial charge in [0.25, 0.3) is 0 Å². The lowest BCUT2D eigenvalue weighted by Gasteiger charge is -2.08. The molecule has 0 radical (unpaired) electrons. The third-order valence-corrected chi connectivity index (χ3v) is 5.33. The molecule has 174 valence electrons. The SMILES string of the molecule is C=CCCc1ccc(Cc2ccc(Cc3ccc(CCOCOC=C)cc3)cc2)cc1.CC. The molecule has 0 spiro atoms. The van der Waals surface area contributed by atoms with Crippen molar-refractivity contribution in [3.05, 3.63) is 132 Å². The summed E-state index contributed by atoms with van der Waals surface area (Å²) >= 11 is 0. The fraction of sp³-hybridized carbons (Fsp3) is 0.290. The summed E-state index contributed by atoms with van der Waals surface area (Å²) in [6, 6.07) is 26.7. The zero-order valence-corrected chi connectivity index (χ0v) is 20.3. The van der Waals surface area contributed by atoms with E-state index in [1.807, 2.05) is 19.9 Å². The van der Waals surface area contributed by atoms with Crippen molar-refractivity contribution < 1.29 is 9.47 Å². The molecule has 0 heterocycles. The largest absolute Gasteiger partial charge is 0.476 e. The van der Waals surface area contributed by atoms with Crippen LogP contribution in [0.25, 0.3) is 0 Å². The van der Waals surface area contributed by atoms with Crippen LogP contribution >= 0.6 is 0 Å². The highest BCUT2D eigenvalue weighted by molar-refractivity contribution is 5.33. The number of ether oxygens (including phenoxy) is 2. The maximum atomic E-state index is 5.38. The van der Waals surface area contributed by atoms with Crippen LogP contribution in [0.15, 0.2) is 98.3 Å². The van der Waals surface area contributed by atoms with Crippen LogP contribution in [0.1, 0.15) is 53.6 Å². The molecule has 0 aromatic heterocycles. The molecule has 0 bridgehead atoms. The van der Waals surface area contributed by atoms with E-state index in [1.165, 1.54) is 39.6 Å². The van der Waals surface area contributed by atoms with Gasteiger partial charge in [-0.3, -0.25) is 0 Å². The van der Waals surface area contributed by atoms with Crippen LogP contribution in [0.3, 0.4) is 0 Å². The lowest BCUT2D eigenvalue weighted by Crippen LogP contribution is -2.01. The summed E-state index contributed by atoms with van der Waals surface area (Å²) in [6.45, 7) is 12.2. The molecule has 2 heteroatoms. The fourth-order valence-electron chi connectivity index (χ4n) is 3.51. The van der Waals surface area contributed by atoms with Gasteiger partial charge in [-0.2, -0.15) is 0 Å². The molecular formula is C31H38O2. The van der Waals surface area contributed by atoms with Gasteiger partial charge >= 0.3 is 0 Å². The summed E-state index contributed by atoms with van der Waals surface area (Å²) in [5.41, 5.74) is 8.00. The first kappa shape index (κ1) is 26.2. The second kappa shape index (κ2) is 15.7. The number of allylic oxidation sites excluding steroid dienone is 1. The number of benzene rings is 3. The van der Waals surface area contributed by atoms with Crippen LogP contribution in [0.2, 0.25) is 0 Å². The standard InChI is InChI=1S/C29H32O2.C2H6/c1-3-5-6-24-7-11-26(12-8-24)21-28-15-17-29(18-16-28)22-27-13-9-25(10-14-27)19-20-31-23-30-4-2;1-2/h3-4,7-18H,1-2,5-6,19-23H2;1-2H3. The molecule has 0 aliphatic rings. The Balaban J connectivity index is 0.00000187. The number of hydrogen-bond donors (Lipinski definition) is 0. The van der Waals surface area contributed by atoms with Crippen LogP contribution in [0.5, 0.6) is 0 Å². The molecule has 0 aliphatic carbocycles. The molecule has 3 aromatic rings. The normalized spacial score (nSPS) is 10.1. The first-order valence-electron chi connectivity index (χ1n) is 11.9. The smallest absolute Gasteiger partial charge is 0.188 e. The van der Waals surface area contributed by atoms with Crippen molar-refractivity contribution in [2.75, 3.05) is 13.4 Å². The zero-order chi connectivity index (χ0) is 23.7. The highest BCUT2D eigenvalue weighted by Gasteiger charge is 2.01. The Morgan fingerprint density at radius 1 is 0.606 bits per heavy atom. The van der Waals surface area contributed by atoms with Gasteiger partial charge in [-0.1, -0.05) is 99.3 Å². The first-order chi connectivity index (χ1) is 16.3. The van der Waals surface area contributed by atoms with Gasteiger partial charge in [-0.05, 0) is 65.5 Å². The average Bonchev–Trinajstić information content (AvgIpc) is 2.87. The quantitative estimate of drug-likeness (QED) is 0.117. The molecule has 0 amide bonds. The van der Waals surface area contributed by atoms with Gasteiger partial charge in [-0.25, -0.2) is 0 Å². The van der Waals surface area contributed by atoms with E-state index in [2.05, 4.69) is 86.0 Å². The molecule has 3 rings (SSSR count). The fourth-order valence-corrected chi connectivity index (χ4v) is 3.51. The van der Waals surface area contributed by atoms with Crippen LogP contribution < -0.4 is 0 Å². The van der Waals surface area contributed by atoms with E-state index in [9.17, 15) is 0 Å². The van der Waals surface area contributed by atoms with Gasteiger partial charge in [0.05, 0.1) is 12.9 Å². The van der Waals surface area contributed by atoms with Gasteiger partial charge < -0.3 is 9.47 Å². The van der Waals surface area contributed by atoms with Crippen molar-refractivity contribution in [1.82, 2.24) is 0 Å². The number of rotatable bonds is 13. The summed E-state index contributed by atoms with van der Waals surface area (Å²) in [6.07, 6.45) is 8.26. The van der Waals surface area contributed by atoms with Crippen LogP contribution in [0, 0.1) is 0 Å². The minimum atomic E-state index is 0.263. The van der Waals surface area contributed by atoms with Crippen LogP contribution in [0.4, 0.5) is 0 Å². The third kappa shape index (κ3) is 9.93. The Bertz CT molecular complexity index is 922. The molecule has 0 saturated heterocycles. The Hall–Kier alpha value is -3.10. The van der Waals surface area contributed by atoms with Crippen LogP contribution in [-0.2, 0) is 35.2 Å². The monoisotopic (exact) mass is 442 g/mol. The van der Waals surface area contributed by atoms with Crippen molar-refractivity contribution in [3.63, 3.8) is 0 Å². The van der Waals surface area contributed by atoms with Crippen molar-refractivity contribution in [1.29, 1.82) is 0 Å². The van der Waals surface area contributed by atoms with E-state index in [4.69, 9.17) is 9.47 Å². The Morgan fingerprint density at radius 2 is 1.00 bits per heavy atom. The van der Waals surface area contributed by atoms with E-state index in [0.29, 0.717) is 6.61 Å². The molecule has 0 saturated carbocycles. The van der Waals surface area contributed by atoms with E-state index in [1.54, 1.807) is 0 Å². The lowest BCUT2D eigenvalue weighted by atomic mass is 9.98. The summed E-state index contributed by atoms with van der Waals surface area (Å²) in [4.78, 5) is 0. The Kier molecular flexibility index (Phi) is 12.4. The lowest BCUT2D eigenvalue weighted by molar-refractivity contribution is -0.00945. The van der Waals surface area contributed by atoms with Crippen molar-refractivity contribution in [2.45, 2.75) is 46.0 Å². The minimum absolute atomic E-state index is 0.263. The first-order valence-corrected chi connectivity index (χ1v) is 11.9. The maximum Gasteiger partial charge on any atom is 0.188 e. The molecule has 3 aromatic carbocycles. The van der Waals surface area contributed by atoms with Crippen LogP contribution in [-0.4, -0.2) is 13.4 Å². The Labute approximate surface area is 200 Å². The molecule has 0 N–H and O–H groups in total. The second-order valence-electron chi connectivity index (χ2n) is 7.74. The Morgan fingerprint density at radius 3 is 1.39 bits per heavy atom. The van der Waals surface area contributed by atoms with E-state index >= 15 is 0 Å². The van der Waals surface area contributed by atoms with E-state index in [-0.39, 0.29) is 6.79 Å². The predicted octanol–water partition coefficient (Wildman–Crippen LogP) is 7.69. The zero-order valence-electron chi connectivity index (χ0n) is 20.3. The van der Waals surface area contributed by atoms with Gasteiger partial charge in [0, 0.05) is 0 Å². The molecule has 33 heavy (non-hydrogen) atoms. The minimum Gasteiger partial charge on any atom is -0.476 e. The number of hydrogen-bond acceptors (Lipinski definition) is 2. The second-order valence-corrected chi connectivity index (χ2v) is 7.74. The predicted molar refractivity (Wildman–Crippen MR) is 141 cm³/mol. The average molecular weight is 443 g/mol. The maximum absolute atomic E-state index is 5.38. The summed E-state index contributed by atoms with van der Waals surface area (Å²) in [7, 11) is 0. The molecule has 0 aliphatic heterocycles. The van der Waals surface area contributed by atoms with Gasteiger partial charge in [0.1, 0.15) is 0 Å². The molecule has 2 nitrogen and oxygen atoms in total. The third-order valence-electron chi connectivity index (χ3n) is 5.33.